The summed E-state index contributed by atoms with van der Waals surface area (Å²) in [5.41, 5.74) is 1.09. The minimum atomic E-state index is 0.00782. The Kier molecular flexibility index (Phi) is 4.03. The fourth-order valence-electron chi connectivity index (χ4n) is 3.25. The molecule has 1 aliphatic carbocycles. The van der Waals surface area contributed by atoms with Gasteiger partial charge in [0, 0.05) is 30.4 Å². The summed E-state index contributed by atoms with van der Waals surface area (Å²) in [6, 6.07) is 0.716. The number of amides is 2. The monoisotopic (exact) mass is 331 g/mol. The van der Waals surface area contributed by atoms with Crippen molar-refractivity contribution < 1.29 is 4.79 Å². The lowest BCUT2D eigenvalue weighted by molar-refractivity contribution is 0.151. The molecule has 2 aromatic heterocycles. The third-order valence-electron chi connectivity index (χ3n) is 4.61. The van der Waals surface area contributed by atoms with Gasteiger partial charge < -0.3 is 14.8 Å². The highest BCUT2D eigenvalue weighted by Gasteiger charge is 2.30. The average Bonchev–Trinajstić information content (AvgIpc) is 3.10. The summed E-state index contributed by atoms with van der Waals surface area (Å²) in [6.07, 6.45) is 11.2. The van der Waals surface area contributed by atoms with E-state index in [1.807, 2.05) is 29.0 Å². The molecule has 23 heavy (non-hydrogen) atoms. The van der Waals surface area contributed by atoms with Crippen molar-refractivity contribution in [2.45, 2.75) is 50.7 Å². The van der Waals surface area contributed by atoms with Gasteiger partial charge in [-0.05, 0) is 32.1 Å². The Hall–Kier alpha value is -1.89. The van der Waals surface area contributed by atoms with Gasteiger partial charge in [0.05, 0.1) is 24.6 Å². The first-order valence-electron chi connectivity index (χ1n) is 8.27. The molecule has 0 radical (unpaired) electrons. The number of nitrogens with one attached hydrogen (secondary N) is 1. The second-order valence-electron chi connectivity index (χ2n) is 6.26. The van der Waals surface area contributed by atoms with Crippen LogP contribution in [0, 0.1) is 0 Å². The van der Waals surface area contributed by atoms with E-state index in [1.165, 1.54) is 12.8 Å². The van der Waals surface area contributed by atoms with Crippen molar-refractivity contribution in [3.63, 3.8) is 0 Å². The van der Waals surface area contributed by atoms with Gasteiger partial charge in [-0.15, -0.1) is 11.3 Å². The molecule has 1 saturated carbocycles. The zero-order valence-electron chi connectivity index (χ0n) is 13.0. The predicted molar refractivity (Wildman–Crippen MR) is 88.1 cm³/mol. The van der Waals surface area contributed by atoms with E-state index in [1.54, 1.807) is 11.3 Å². The SMILES string of the molecule is O=C(NCc1cncn1C1CC1)N1CCCC[C@H]1c1nccs1. The topological polar surface area (TPSA) is 63.1 Å². The summed E-state index contributed by atoms with van der Waals surface area (Å²) in [5, 5.41) is 6.10. The molecule has 1 N–H and O–H groups in total. The largest absolute Gasteiger partial charge is 0.332 e. The van der Waals surface area contributed by atoms with Crippen LogP contribution in [-0.4, -0.2) is 32.0 Å². The zero-order chi connectivity index (χ0) is 15.6. The number of carbonyl (C=O) groups is 1. The lowest BCUT2D eigenvalue weighted by atomic mass is 10.0. The van der Waals surface area contributed by atoms with Crippen molar-refractivity contribution in [1.82, 2.24) is 24.8 Å². The minimum absolute atomic E-state index is 0.00782. The number of imidazole rings is 1. The van der Waals surface area contributed by atoms with E-state index in [0.717, 1.165) is 36.5 Å². The molecule has 0 spiro atoms. The Morgan fingerprint density at radius 2 is 2.26 bits per heavy atom. The Balaban J connectivity index is 1.41. The number of hydrogen-bond acceptors (Lipinski definition) is 4. The molecule has 1 atom stereocenters. The van der Waals surface area contributed by atoms with Crippen LogP contribution in [0.4, 0.5) is 4.79 Å². The fourth-order valence-corrected chi connectivity index (χ4v) is 4.03. The van der Waals surface area contributed by atoms with Gasteiger partial charge in [0.2, 0.25) is 0 Å². The van der Waals surface area contributed by atoms with Gasteiger partial charge in [0.25, 0.3) is 0 Å². The van der Waals surface area contributed by atoms with Crippen LogP contribution in [-0.2, 0) is 6.54 Å². The van der Waals surface area contributed by atoms with Crippen molar-refractivity contribution in [1.29, 1.82) is 0 Å². The van der Waals surface area contributed by atoms with E-state index in [4.69, 9.17) is 0 Å². The molecule has 1 saturated heterocycles. The van der Waals surface area contributed by atoms with Crippen molar-refractivity contribution >= 4 is 17.4 Å². The zero-order valence-corrected chi connectivity index (χ0v) is 13.8. The molecule has 2 amide bonds. The van der Waals surface area contributed by atoms with Crippen LogP contribution in [0.3, 0.4) is 0 Å². The van der Waals surface area contributed by atoms with Crippen LogP contribution in [0.5, 0.6) is 0 Å². The lowest BCUT2D eigenvalue weighted by Gasteiger charge is -2.34. The molecule has 0 unspecified atom stereocenters. The Morgan fingerprint density at radius 1 is 1.35 bits per heavy atom. The van der Waals surface area contributed by atoms with Crippen molar-refractivity contribution in [2.24, 2.45) is 0 Å². The molecule has 3 heterocycles. The number of thiazole rings is 1. The van der Waals surface area contributed by atoms with Crippen molar-refractivity contribution in [3.05, 3.63) is 34.8 Å². The molecule has 0 aromatic carbocycles. The minimum Gasteiger partial charge on any atom is -0.332 e. The van der Waals surface area contributed by atoms with Gasteiger partial charge in [0.1, 0.15) is 5.01 Å². The van der Waals surface area contributed by atoms with E-state index < -0.39 is 0 Å². The standard InChI is InChI=1S/C16H21N5OS/c22-16(19-10-13-9-17-11-21(13)12-4-5-12)20-7-2-1-3-14(20)15-18-6-8-23-15/h6,8-9,11-12,14H,1-5,7,10H2,(H,19,22)/t14-/m0/s1. The molecule has 7 heteroatoms. The summed E-state index contributed by atoms with van der Waals surface area (Å²) in [5.74, 6) is 0. The lowest BCUT2D eigenvalue weighted by Crippen LogP contribution is -2.44. The van der Waals surface area contributed by atoms with E-state index in [-0.39, 0.29) is 12.1 Å². The number of urea groups is 1. The van der Waals surface area contributed by atoms with Crippen LogP contribution < -0.4 is 5.32 Å². The maximum Gasteiger partial charge on any atom is 0.318 e. The van der Waals surface area contributed by atoms with Gasteiger partial charge in [-0.2, -0.15) is 0 Å². The van der Waals surface area contributed by atoms with Gasteiger partial charge in [0.15, 0.2) is 0 Å². The summed E-state index contributed by atoms with van der Waals surface area (Å²) in [7, 11) is 0. The van der Waals surface area contributed by atoms with Gasteiger partial charge >= 0.3 is 6.03 Å². The molecule has 1 aliphatic heterocycles. The first-order valence-corrected chi connectivity index (χ1v) is 9.15. The maximum atomic E-state index is 12.7. The third-order valence-corrected chi connectivity index (χ3v) is 5.48. The number of rotatable bonds is 4. The predicted octanol–water partition coefficient (Wildman–Crippen LogP) is 3.11. The average molecular weight is 331 g/mol. The molecule has 6 nitrogen and oxygen atoms in total. The summed E-state index contributed by atoms with van der Waals surface area (Å²) in [4.78, 5) is 23.2. The first-order chi connectivity index (χ1) is 11.3. The summed E-state index contributed by atoms with van der Waals surface area (Å²) < 4.78 is 2.19. The molecule has 122 valence electrons. The second-order valence-corrected chi connectivity index (χ2v) is 7.18. The van der Waals surface area contributed by atoms with Crippen LogP contribution >= 0.6 is 11.3 Å². The van der Waals surface area contributed by atoms with E-state index in [2.05, 4.69) is 19.9 Å². The number of nitrogens with zero attached hydrogens (tertiary/aromatic N) is 4. The Bertz CT molecular complexity index is 664. The van der Waals surface area contributed by atoms with Gasteiger partial charge in [-0.25, -0.2) is 14.8 Å². The maximum absolute atomic E-state index is 12.7. The highest BCUT2D eigenvalue weighted by atomic mass is 32.1. The smallest absolute Gasteiger partial charge is 0.318 e. The quantitative estimate of drug-likeness (QED) is 0.936. The molecule has 0 bridgehead atoms. The molecule has 2 aromatic rings. The van der Waals surface area contributed by atoms with E-state index in [9.17, 15) is 4.79 Å². The third kappa shape index (κ3) is 3.10. The number of piperidine rings is 1. The van der Waals surface area contributed by atoms with Crippen molar-refractivity contribution in [3.8, 4) is 0 Å². The van der Waals surface area contributed by atoms with E-state index in [0.29, 0.717) is 12.6 Å². The normalized spacial score (nSPS) is 21.4. The summed E-state index contributed by atoms with van der Waals surface area (Å²) >= 11 is 1.63. The number of hydrogen-bond donors (Lipinski definition) is 1. The molecule has 2 aliphatic rings. The highest BCUT2D eigenvalue weighted by molar-refractivity contribution is 7.09. The molecule has 2 fully saturated rings. The number of likely N-dealkylation sites (tertiary alicyclic amines) is 1. The van der Waals surface area contributed by atoms with Crippen LogP contribution in [0.15, 0.2) is 24.1 Å². The Labute approximate surface area is 139 Å². The molecular weight excluding hydrogens is 310 g/mol. The van der Waals surface area contributed by atoms with Crippen LogP contribution in [0.1, 0.15) is 54.9 Å². The van der Waals surface area contributed by atoms with Crippen LogP contribution in [0.2, 0.25) is 0 Å². The van der Waals surface area contributed by atoms with Crippen LogP contribution in [0.25, 0.3) is 0 Å². The second kappa shape index (κ2) is 6.31. The fraction of sp³-hybridized carbons (Fsp3) is 0.562. The van der Waals surface area contributed by atoms with Crippen molar-refractivity contribution in [2.75, 3.05) is 6.54 Å². The Morgan fingerprint density at radius 3 is 3.04 bits per heavy atom. The summed E-state index contributed by atoms with van der Waals surface area (Å²) in [6.45, 7) is 1.34. The molecule has 4 rings (SSSR count). The van der Waals surface area contributed by atoms with Gasteiger partial charge in [-0.3, -0.25) is 0 Å². The first kappa shape index (κ1) is 14.7. The van der Waals surface area contributed by atoms with Gasteiger partial charge in [-0.1, -0.05) is 0 Å². The number of aromatic nitrogens is 3. The highest BCUT2D eigenvalue weighted by Crippen LogP contribution is 2.35. The molecular formula is C16H21N5OS. The van der Waals surface area contributed by atoms with E-state index >= 15 is 0 Å². The number of carbonyl (C=O) groups excluding carboxylic acids is 1.